The van der Waals surface area contributed by atoms with Crippen molar-refractivity contribution in [2.24, 2.45) is 17.8 Å². The molecule has 1 aromatic rings. The van der Waals surface area contributed by atoms with Crippen LogP contribution in [0.25, 0.3) is 0 Å². The van der Waals surface area contributed by atoms with E-state index in [1.54, 1.807) is 17.7 Å². The van der Waals surface area contributed by atoms with Gasteiger partial charge in [0.05, 0.1) is 0 Å². The van der Waals surface area contributed by atoms with Gasteiger partial charge in [0.25, 0.3) is 0 Å². The summed E-state index contributed by atoms with van der Waals surface area (Å²) in [7, 11) is 0. The minimum Gasteiger partial charge on any atom is -0.207 e. The average molecular weight is 349 g/mol. The second-order valence-corrected chi connectivity index (χ2v) is 8.14. The number of hydrogen-bond donors (Lipinski definition) is 0. The minimum atomic E-state index is -0.120. The van der Waals surface area contributed by atoms with Crippen molar-refractivity contribution in [2.45, 2.75) is 70.1 Å². The monoisotopic (exact) mass is 348 g/mol. The summed E-state index contributed by atoms with van der Waals surface area (Å²) in [6.07, 6.45) is 15.5. The third kappa shape index (κ3) is 4.85. The summed E-state index contributed by atoms with van der Waals surface area (Å²) in [6.45, 7) is 0. The van der Waals surface area contributed by atoms with Crippen LogP contribution in [0.3, 0.4) is 0 Å². The zero-order valence-corrected chi connectivity index (χ0v) is 15.4. The van der Waals surface area contributed by atoms with Crippen molar-refractivity contribution in [3.63, 3.8) is 0 Å². The van der Waals surface area contributed by atoms with Gasteiger partial charge >= 0.3 is 0 Å². The summed E-state index contributed by atoms with van der Waals surface area (Å²) in [6, 6.07) is 7.20. The zero-order valence-electron chi connectivity index (χ0n) is 14.6. The van der Waals surface area contributed by atoms with Crippen LogP contribution >= 0.6 is 11.6 Å². The van der Waals surface area contributed by atoms with Crippen LogP contribution in [-0.2, 0) is 0 Å². The van der Waals surface area contributed by atoms with E-state index in [0.717, 1.165) is 24.2 Å². The number of rotatable bonds is 5. The van der Waals surface area contributed by atoms with Crippen molar-refractivity contribution in [1.82, 2.24) is 0 Å². The molecule has 2 heteroatoms. The normalized spacial score (nSPS) is 31.4. The zero-order chi connectivity index (χ0) is 16.8. The van der Waals surface area contributed by atoms with E-state index in [1.807, 2.05) is 12.1 Å². The van der Waals surface area contributed by atoms with Gasteiger partial charge in [0.15, 0.2) is 0 Å². The molecule has 132 valence electrons. The average Bonchev–Trinajstić information content (AvgIpc) is 2.63. The summed E-state index contributed by atoms with van der Waals surface area (Å²) >= 11 is 5.61. The number of allylic oxidation sites excluding steroid dienone is 1. The molecular formula is C22H30ClF. The highest BCUT2D eigenvalue weighted by molar-refractivity contribution is 6.25. The van der Waals surface area contributed by atoms with E-state index in [0.29, 0.717) is 5.92 Å². The molecule has 0 bridgehead atoms. The summed E-state index contributed by atoms with van der Waals surface area (Å²) in [5, 5.41) is 0. The molecule has 2 fully saturated rings. The molecular weight excluding hydrogens is 319 g/mol. The van der Waals surface area contributed by atoms with Gasteiger partial charge in [0.2, 0.25) is 0 Å². The summed E-state index contributed by atoms with van der Waals surface area (Å²) in [4.78, 5) is 0. The molecule has 1 aromatic carbocycles. The minimum absolute atomic E-state index is 0.120. The van der Waals surface area contributed by atoms with Crippen LogP contribution in [0, 0.1) is 23.6 Å². The fraction of sp³-hybridized carbons (Fsp3) is 0.636. The smallest absolute Gasteiger partial charge is 0.123 e. The van der Waals surface area contributed by atoms with E-state index in [2.05, 4.69) is 6.08 Å². The topological polar surface area (TPSA) is 0 Å². The molecule has 0 spiro atoms. The molecule has 0 heterocycles. The molecule has 3 rings (SSSR count). The van der Waals surface area contributed by atoms with E-state index in [9.17, 15) is 4.39 Å². The predicted octanol–water partition coefficient (Wildman–Crippen LogP) is 7.44. The van der Waals surface area contributed by atoms with Crippen molar-refractivity contribution in [2.75, 3.05) is 0 Å². The highest BCUT2D eigenvalue weighted by Crippen LogP contribution is 2.44. The van der Waals surface area contributed by atoms with Crippen molar-refractivity contribution in [1.29, 1.82) is 0 Å². The molecule has 0 atom stereocenters. The summed E-state index contributed by atoms with van der Waals surface area (Å²) in [5.74, 6) is 3.35. The molecule has 0 aliphatic heterocycles. The Balaban J connectivity index is 1.42. The van der Waals surface area contributed by atoms with Gasteiger partial charge in [-0.3, -0.25) is 0 Å². The Hall–Kier alpha value is -0.820. The standard InChI is InChI=1S/C22H30ClF/c23-16-2-1-3-17-4-6-18(7-5-17)19-8-10-20(11-9-19)21-12-14-22(24)15-13-21/h2,12-20H,1,3-11H2. The number of hydrogen-bond acceptors (Lipinski definition) is 0. The van der Waals surface area contributed by atoms with Gasteiger partial charge in [0, 0.05) is 5.54 Å². The first kappa shape index (κ1) is 18.0. The quantitative estimate of drug-likeness (QED) is 0.518. The van der Waals surface area contributed by atoms with Crippen LogP contribution in [-0.4, -0.2) is 0 Å². The summed E-state index contributed by atoms with van der Waals surface area (Å²) in [5.41, 5.74) is 3.00. The Kier molecular flexibility index (Phi) is 6.77. The lowest BCUT2D eigenvalue weighted by Crippen LogP contribution is -2.25. The van der Waals surface area contributed by atoms with Crippen LogP contribution < -0.4 is 0 Å². The van der Waals surface area contributed by atoms with E-state index < -0.39 is 0 Å². The lowest BCUT2D eigenvalue weighted by atomic mass is 9.68. The van der Waals surface area contributed by atoms with Gasteiger partial charge in [-0.05, 0) is 92.7 Å². The third-order valence-corrected chi connectivity index (χ3v) is 6.68. The van der Waals surface area contributed by atoms with Crippen LogP contribution in [0.15, 0.2) is 35.9 Å². The maximum atomic E-state index is 13.1. The first-order chi connectivity index (χ1) is 11.8. The van der Waals surface area contributed by atoms with Gasteiger partial charge < -0.3 is 0 Å². The lowest BCUT2D eigenvalue weighted by Gasteiger charge is -2.38. The molecule has 0 aromatic heterocycles. The highest BCUT2D eigenvalue weighted by Gasteiger charge is 2.31. The molecule has 0 unspecified atom stereocenters. The second-order valence-electron chi connectivity index (χ2n) is 7.88. The van der Waals surface area contributed by atoms with Gasteiger partial charge in [-0.1, -0.05) is 42.7 Å². The molecule has 0 radical (unpaired) electrons. The van der Waals surface area contributed by atoms with Crippen molar-refractivity contribution in [3.05, 3.63) is 47.3 Å². The van der Waals surface area contributed by atoms with E-state index in [1.165, 1.54) is 63.4 Å². The van der Waals surface area contributed by atoms with Gasteiger partial charge in [0.1, 0.15) is 5.82 Å². The van der Waals surface area contributed by atoms with Crippen LogP contribution in [0.2, 0.25) is 0 Å². The number of halogens is 2. The fourth-order valence-corrected chi connectivity index (χ4v) is 5.13. The first-order valence-electron chi connectivity index (χ1n) is 9.77. The Labute approximate surface area is 151 Å². The Morgan fingerprint density at radius 3 is 2.04 bits per heavy atom. The molecule has 24 heavy (non-hydrogen) atoms. The van der Waals surface area contributed by atoms with Gasteiger partial charge in [-0.15, -0.1) is 0 Å². The summed E-state index contributed by atoms with van der Waals surface area (Å²) < 4.78 is 13.1. The molecule has 0 saturated heterocycles. The van der Waals surface area contributed by atoms with E-state index >= 15 is 0 Å². The maximum Gasteiger partial charge on any atom is 0.123 e. The molecule has 0 N–H and O–H groups in total. The predicted molar refractivity (Wildman–Crippen MR) is 101 cm³/mol. The van der Waals surface area contributed by atoms with Crippen molar-refractivity contribution >= 4 is 11.6 Å². The Morgan fingerprint density at radius 1 is 0.875 bits per heavy atom. The van der Waals surface area contributed by atoms with Crippen molar-refractivity contribution in [3.8, 4) is 0 Å². The second kappa shape index (κ2) is 9.04. The third-order valence-electron chi connectivity index (χ3n) is 6.50. The van der Waals surface area contributed by atoms with Crippen LogP contribution in [0.4, 0.5) is 4.39 Å². The first-order valence-corrected chi connectivity index (χ1v) is 10.2. The SMILES string of the molecule is Fc1ccc(C2CCC(C3CCC(CCC=CCl)CC3)CC2)cc1. The van der Waals surface area contributed by atoms with Crippen LogP contribution in [0.1, 0.15) is 75.7 Å². The fourth-order valence-electron chi connectivity index (χ4n) is 5.00. The van der Waals surface area contributed by atoms with Crippen LogP contribution in [0.5, 0.6) is 0 Å². The highest BCUT2D eigenvalue weighted by atomic mass is 35.5. The Morgan fingerprint density at radius 2 is 1.46 bits per heavy atom. The van der Waals surface area contributed by atoms with E-state index in [-0.39, 0.29) is 5.82 Å². The van der Waals surface area contributed by atoms with E-state index in [4.69, 9.17) is 11.6 Å². The molecule has 0 nitrogen and oxygen atoms in total. The Bertz CT molecular complexity index is 505. The number of benzene rings is 1. The molecule has 2 saturated carbocycles. The van der Waals surface area contributed by atoms with Gasteiger partial charge in [-0.2, -0.15) is 0 Å². The lowest BCUT2D eigenvalue weighted by molar-refractivity contribution is 0.157. The molecule has 0 amide bonds. The maximum absolute atomic E-state index is 13.1. The van der Waals surface area contributed by atoms with Gasteiger partial charge in [-0.25, -0.2) is 4.39 Å². The van der Waals surface area contributed by atoms with Crippen molar-refractivity contribution < 1.29 is 4.39 Å². The molecule has 2 aliphatic rings. The molecule has 2 aliphatic carbocycles. The largest absolute Gasteiger partial charge is 0.207 e.